The van der Waals surface area contributed by atoms with Crippen molar-refractivity contribution in [3.8, 4) is 0 Å². The molecule has 0 unspecified atom stereocenters. The first-order chi connectivity index (χ1) is 9.06. The summed E-state index contributed by atoms with van der Waals surface area (Å²) >= 11 is 3.35. The molecule has 0 radical (unpaired) electrons. The second-order valence-corrected chi connectivity index (χ2v) is 5.28. The smallest absolute Gasteiger partial charge is 0.299 e. The van der Waals surface area contributed by atoms with Crippen molar-refractivity contribution in [3.05, 3.63) is 46.2 Å². The van der Waals surface area contributed by atoms with E-state index >= 15 is 0 Å². The van der Waals surface area contributed by atoms with Crippen molar-refractivity contribution in [1.82, 2.24) is 9.78 Å². The molecule has 5 nitrogen and oxygen atoms in total. The Bertz CT molecular complexity index is 693. The van der Waals surface area contributed by atoms with Gasteiger partial charge in [0.05, 0.1) is 23.5 Å². The summed E-state index contributed by atoms with van der Waals surface area (Å²) in [5, 5.41) is 4.23. The second kappa shape index (κ2) is 4.31. The number of benzene rings is 1. The number of hydrogen-bond acceptors (Lipinski definition) is 3. The van der Waals surface area contributed by atoms with Crippen LogP contribution in [0, 0.1) is 0 Å². The summed E-state index contributed by atoms with van der Waals surface area (Å²) in [4.78, 5) is 25.4. The van der Waals surface area contributed by atoms with Crippen LogP contribution in [-0.2, 0) is 18.4 Å². The van der Waals surface area contributed by atoms with E-state index in [0.717, 1.165) is 10.2 Å². The topological polar surface area (TPSA) is 55.2 Å². The minimum absolute atomic E-state index is 0.300. The Morgan fingerprint density at radius 3 is 2.74 bits per heavy atom. The van der Waals surface area contributed by atoms with Crippen LogP contribution in [0.3, 0.4) is 0 Å². The SMILES string of the molecule is Cn1ccc(CN2C(=O)C(=O)c3ccc(Br)cc32)n1. The lowest BCUT2D eigenvalue weighted by Crippen LogP contribution is -2.29. The summed E-state index contributed by atoms with van der Waals surface area (Å²) in [5.74, 6) is -0.961. The van der Waals surface area contributed by atoms with Gasteiger partial charge in [-0.05, 0) is 24.3 Å². The minimum atomic E-state index is -0.501. The molecular formula is C13H10BrN3O2. The third-order valence-corrected chi connectivity index (χ3v) is 3.52. The van der Waals surface area contributed by atoms with Crippen LogP contribution in [0.15, 0.2) is 34.9 Å². The number of anilines is 1. The fraction of sp³-hybridized carbons (Fsp3) is 0.154. The van der Waals surface area contributed by atoms with Crippen molar-refractivity contribution >= 4 is 33.3 Å². The number of hydrogen-bond donors (Lipinski definition) is 0. The van der Waals surface area contributed by atoms with Crippen LogP contribution in [0.5, 0.6) is 0 Å². The molecule has 19 heavy (non-hydrogen) atoms. The van der Waals surface area contributed by atoms with Gasteiger partial charge in [0, 0.05) is 17.7 Å². The largest absolute Gasteiger partial charge is 0.299 e. The molecule has 0 aliphatic carbocycles. The van der Waals surface area contributed by atoms with E-state index in [-0.39, 0.29) is 0 Å². The number of nitrogens with zero attached hydrogens (tertiary/aromatic N) is 3. The van der Waals surface area contributed by atoms with E-state index in [1.54, 1.807) is 29.1 Å². The van der Waals surface area contributed by atoms with Gasteiger partial charge in [-0.25, -0.2) is 0 Å². The van der Waals surface area contributed by atoms with Crippen LogP contribution in [0.1, 0.15) is 16.1 Å². The Morgan fingerprint density at radius 1 is 1.26 bits per heavy atom. The Kier molecular flexibility index (Phi) is 2.74. The summed E-state index contributed by atoms with van der Waals surface area (Å²) in [7, 11) is 1.81. The molecule has 0 bridgehead atoms. The molecule has 3 rings (SSSR count). The summed E-state index contributed by atoms with van der Waals surface area (Å²) < 4.78 is 2.50. The van der Waals surface area contributed by atoms with E-state index in [4.69, 9.17) is 0 Å². The molecule has 2 heterocycles. The number of halogens is 1. The Morgan fingerprint density at radius 2 is 2.05 bits per heavy atom. The molecule has 1 amide bonds. The fourth-order valence-electron chi connectivity index (χ4n) is 2.13. The Hall–Kier alpha value is -1.95. The molecule has 1 aromatic heterocycles. The third-order valence-electron chi connectivity index (χ3n) is 3.02. The molecule has 2 aromatic rings. The molecular weight excluding hydrogens is 310 g/mol. The van der Waals surface area contributed by atoms with Crippen LogP contribution < -0.4 is 4.90 Å². The maximum absolute atomic E-state index is 12.0. The molecule has 96 valence electrons. The van der Waals surface area contributed by atoms with Crippen molar-refractivity contribution in [2.45, 2.75) is 6.54 Å². The van der Waals surface area contributed by atoms with Gasteiger partial charge in [-0.1, -0.05) is 15.9 Å². The fourth-order valence-corrected chi connectivity index (χ4v) is 2.48. The first kappa shape index (κ1) is 12.1. The molecule has 0 atom stereocenters. The van der Waals surface area contributed by atoms with Gasteiger partial charge >= 0.3 is 0 Å². The van der Waals surface area contributed by atoms with Crippen molar-refractivity contribution < 1.29 is 9.59 Å². The van der Waals surface area contributed by atoms with E-state index in [1.807, 2.05) is 13.1 Å². The number of aromatic nitrogens is 2. The number of rotatable bonds is 2. The molecule has 0 spiro atoms. The van der Waals surface area contributed by atoms with Gasteiger partial charge in [0.15, 0.2) is 0 Å². The molecule has 0 saturated carbocycles. The van der Waals surface area contributed by atoms with Gasteiger partial charge < -0.3 is 0 Å². The number of amides is 1. The predicted octanol–water partition coefficient (Wildman–Crippen LogP) is 1.91. The number of aryl methyl sites for hydroxylation is 1. The van der Waals surface area contributed by atoms with Crippen LogP contribution in [0.25, 0.3) is 0 Å². The summed E-state index contributed by atoms with van der Waals surface area (Å²) in [6.45, 7) is 0.300. The zero-order chi connectivity index (χ0) is 13.6. The van der Waals surface area contributed by atoms with E-state index in [9.17, 15) is 9.59 Å². The molecule has 1 aromatic carbocycles. The summed E-state index contributed by atoms with van der Waals surface area (Å²) in [6, 6.07) is 7.03. The number of carbonyl (C=O) groups excluding carboxylic acids is 2. The van der Waals surface area contributed by atoms with Gasteiger partial charge in [0.25, 0.3) is 11.7 Å². The predicted molar refractivity (Wildman–Crippen MR) is 72.9 cm³/mol. The van der Waals surface area contributed by atoms with Gasteiger partial charge in [0.2, 0.25) is 0 Å². The number of ketones is 1. The van der Waals surface area contributed by atoms with E-state index in [0.29, 0.717) is 17.8 Å². The lowest BCUT2D eigenvalue weighted by atomic mass is 10.1. The molecule has 0 fully saturated rings. The van der Waals surface area contributed by atoms with Crippen LogP contribution in [0.2, 0.25) is 0 Å². The molecule has 0 N–H and O–H groups in total. The zero-order valence-electron chi connectivity index (χ0n) is 10.1. The van der Waals surface area contributed by atoms with E-state index in [2.05, 4.69) is 21.0 Å². The van der Waals surface area contributed by atoms with Crippen molar-refractivity contribution in [1.29, 1.82) is 0 Å². The average Bonchev–Trinajstić information content (AvgIpc) is 2.88. The molecule has 0 saturated heterocycles. The first-order valence-electron chi connectivity index (χ1n) is 5.70. The maximum Gasteiger partial charge on any atom is 0.299 e. The highest BCUT2D eigenvalue weighted by Crippen LogP contribution is 2.32. The number of carbonyl (C=O) groups is 2. The van der Waals surface area contributed by atoms with Crippen molar-refractivity contribution in [2.75, 3.05) is 4.90 Å². The molecule has 1 aliphatic heterocycles. The van der Waals surface area contributed by atoms with Crippen LogP contribution in [-0.4, -0.2) is 21.5 Å². The molecule has 6 heteroatoms. The van der Waals surface area contributed by atoms with Gasteiger partial charge in [0.1, 0.15) is 0 Å². The lowest BCUT2D eigenvalue weighted by Gasteiger charge is -2.15. The Labute approximate surface area is 118 Å². The standard InChI is InChI=1S/C13H10BrN3O2/c1-16-5-4-9(15-16)7-17-11-6-8(14)2-3-10(11)12(18)13(17)19/h2-6H,7H2,1H3. The first-order valence-corrected chi connectivity index (χ1v) is 6.50. The van der Waals surface area contributed by atoms with Gasteiger partial charge in [-0.15, -0.1) is 0 Å². The monoisotopic (exact) mass is 319 g/mol. The highest BCUT2D eigenvalue weighted by molar-refractivity contribution is 9.10. The van der Waals surface area contributed by atoms with Crippen molar-refractivity contribution in [3.63, 3.8) is 0 Å². The Balaban J connectivity index is 2.01. The maximum atomic E-state index is 12.0. The van der Waals surface area contributed by atoms with E-state index in [1.165, 1.54) is 4.90 Å². The quantitative estimate of drug-likeness (QED) is 0.794. The zero-order valence-corrected chi connectivity index (χ0v) is 11.7. The van der Waals surface area contributed by atoms with Crippen LogP contribution >= 0.6 is 15.9 Å². The average molecular weight is 320 g/mol. The third kappa shape index (κ3) is 1.98. The van der Waals surface area contributed by atoms with Gasteiger partial charge in [-0.3, -0.25) is 19.2 Å². The summed E-state index contributed by atoms with van der Waals surface area (Å²) in [6.07, 6.45) is 1.81. The van der Waals surface area contributed by atoms with E-state index < -0.39 is 11.7 Å². The molecule has 1 aliphatic rings. The lowest BCUT2D eigenvalue weighted by molar-refractivity contribution is -0.114. The minimum Gasteiger partial charge on any atom is -0.299 e. The summed E-state index contributed by atoms with van der Waals surface area (Å²) in [5.41, 5.74) is 1.83. The van der Waals surface area contributed by atoms with Crippen LogP contribution in [0.4, 0.5) is 5.69 Å². The number of Topliss-reactive ketones (excluding diaryl/α,β-unsaturated/α-hetero) is 1. The highest BCUT2D eigenvalue weighted by Gasteiger charge is 2.36. The van der Waals surface area contributed by atoms with Crippen molar-refractivity contribution in [2.24, 2.45) is 7.05 Å². The normalized spacial score (nSPS) is 14.1. The second-order valence-electron chi connectivity index (χ2n) is 4.36. The highest BCUT2D eigenvalue weighted by atomic mass is 79.9. The van der Waals surface area contributed by atoms with Gasteiger partial charge in [-0.2, -0.15) is 5.10 Å². The number of fused-ring (bicyclic) bond motifs is 1.